The number of hydrogen-bond donors (Lipinski definition) is 0. The smallest absolute Gasteiger partial charge is 0.386 e. The fourth-order valence-corrected chi connectivity index (χ4v) is 2.24. The van der Waals surface area contributed by atoms with Crippen molar-refractivity contribution in [3.05, 3.63) is 91.0 Å². The second-order valence-corrected chi connectivity index (χ2v) is 5.57. The van der Waals surface area contributed by atoms with Gasteiger partial charge < -0.3 is 18.9 Å². The molecule has 5 heteroatoms. The van der Waals surface area contributed by atoms with Crippen molar-refractivity contribution in [3.8, 4) is 17.2 Å². The molecule has 3 rings (SSSR count). The van der Waals surface area contributed by atoms with Crippen LogP contribution in [0.2, 0.25) is 0 Å². The van der Waals surface area contributed by atoms with Crippen molar-refractivity contribution in [3.63, 3.8) is 0 Å². The van der Waals surface area contributed by atoms with Crippen LogP contribution in [0.4, 0.5) is 0 Å². The van der Waals surface area contributed by atoms with Gasteiger partial charge >= 0.3 is 12.1 Å². The van der Waals surface area contributed by atoms with Gasteiger partial charge in [-0.15, -0.1) is 0 Å². The van der Waals surface area contributed by atoms with Crippen molar-refractivity contribution in [2.24, 2.45) is 0 Å². The summed E-state index contributed by atoms with van der Waals surface area (Å²) in [5.41, 5.74) is 0. The van der Waals surface area contributed by atoms with Crippen LogP contribution in [0.5, 0.6) is 17.2 Å². The zero-order valence-electron chi connectivity index (χ0n) is 14.9. The number of ether oxygens (including phenoxy) is 4. The van der Waals surface area contributed by atoms with E-state index in [0.29, 0.717) is 17.2 Å². The van der Waals surface area contributed by atoms with Crippen molar-refractivity contribution in [1.29, 1.82) is 0 Å². The van der Waals surface area contributed by atoms with Gasteiger partial charge in [-0.05, 0) is 36.4 Å². The lowest BCUT2D eigenvalue weighted by atomic mass is 10.3. The fraction of sp³-hybridized carbons (Fsp3) is 0.136. The number of para-hydroxylation sites is 3. The van der Waals surface area contributed by atoms with Gasteiger partial charge in [0.25, 0.3) is 0 Å². The molecule has 0 aliphatic heterocycles. The van der Waals surface area contributed by atoms with Crippen LogP contribution in [0.3, 0.4) is 0 Å². The summed E-state index contributed by atoms with van der Waals surface area (Å²) in [6, 6.07) is 26.7. The minimum Gasteiger partial charge on any atom is -0.386 e. The average Bonchev–Trinajstić information content (AvgIpc) is 2.70. The van der Waals surface area contributed by atoms with E-state index < -0.39 is 12.1 Å². The van der Waals surface area contributed by atoms with Crippen LogP contribution >= 0.6 is 0 Å². The predicted octanol–water partition coefficient (Wildman–Crippen LogP) is 4.79. The first-order chi connectivity index (χ1) is 13.2. The Kier molecular flexibility index (Phi) is 5.94. The molecule has 0 amide bonds. The van der Waals surface area contributed by atoms with Crippen molar-refractivity contribution >= 4 is 5.97 Å². The van der Waals surface area contributed by atoms with Crippen LogP contribution < -0.4 is 14.2 Å². The summed E-state index contributed by atoms with van der Waals surface area (Å²) in [6.45, 7) is 1.68. The molecule has 5 nitrogen and oxygen atoms in total. The van der Waals surface area contributed by atoms with E-state index in [4.69, 9.17) is 18.9 Å². The molecule has 0 heterocycles. The summed E-state index contributed by atoms with van der Waals surface area (Å²) >= 11 is 0. The first-order valence-electron chi connectivity index (χ1n) is 8.63. The molecular weight excluding hydrogens is 344 g/mol. The standard InChI is InChI=1S/C22H20O5/c1-2-21(23)27-22(24-18-12-6-3-7-13-18,25-19-14-8-4-9-15-19)26-20-16-10-5-11-17-20/h3-17H,2H2,1H3. The van der Waals surface area contributed by atoms with Gasteiger partial charge in [-0.1, -0.05) is 61.5 Å². The summed E-state index contributed by atoms with van der Waals surface area (Å²) in [7, 11) is 0. The lowest BCUT2D eigenvalue weighted by Gasteiger charge is -2.31. The Balaban J connectivity index is 1.99. The molecule has 0 fully saturated rings. The number of esters is 1. The Labute approximate surface area is 158 Å². The molecule has 27 heavy (non-hydrogen) atoms. The van der Waals surface area contributed by atoms with Gasteiger partial charge in [0.2, 0.25) is 0 Å². The van der Waals surface area contributed by atoms with Gasteiger partial charge in [0.05, 0.1) is 0 Å². The average molecular weight is 364 g/mol. The van der Waals surface area contributed by atoms with Gasteiger partial charge in [-0.2, -0.15) is 0 Å². The third-order valence-corrected chi connectivity index (χ3v) is 3.49. The highest BCUT2D eigenvalue weighted by atomic mass is 17.0. The van der Waals surface area contributed by atoms with E-state index in [1.807, 2.05) is 18.2 Å². The molecule has 0 bridgehead atoms. The highest BCUT2D eigenvalue weighted by molar-refractivity contribution is 5.69. The van der Waals surface area contributed by atoms with Gasteiger partial charge in [0, 0.05) is 6.42 Å². The van der Waals surface area contributed by atoms with E-state index in [1.165, 1.54) is 0 Å². The van der Waals surface area contributed by atoms with Crippen LogP contribution in [0.1, 0.15) is 13.3 Å². The minimum absolute atomic E-state index is 0.135. The zero-order valence-corrected chi connectivity index (χ0v) is 14.9. The summed E-state index contributed by atoms with van der Waals surface area (Å²) in [5, 5.41) is 0. The molecule has 0 aromatic heterocycles. The van der Waals surface area contributed by atoms with Crippen LogP contribution in [0.25, 0.3) is 0 Å². The maximum absolute atomic E-state index is 12.1. The lowest BCUT2D eigenvalue weighted by Crippen LogP contribution is -2.52. The van der Waals surface area contributed by atoms with Gasteiger partial charge in [0.1, 0.15) is 17.2 Å². The Bertz CT molecular complexity index is 733. The van der Waals surface area contributed by atoms with Crippen LogP contribution in [0.15, 0.2) is 91.0 Å². The third kappa shape index (κ3) is 5.25. The van der Waals surface area contributed by atoms with Crippen molar-refractivity contribution in [1.82, 2.24) is 0 Å². The second-order valence-electron chi connectivity index (χ2n) is 5.57. The lowest BCUT2D eigenvalue weighted by molar-refractivity contribution is -0.386. The number of benzene rings is 3. The molecule has 0 N–H and O–H groups in total. The summed E-state index contributed by atoms with van der Waals surface area (Å²) in [4.78, 5) is 12.1. The Morgan fingerprint density at radius 2 is 1.00 bits per heavy atom. The van der Waals surface area contributed by atoms with Crippen molar-refractivity contribution < 1.29 is 23.7 Å². The van der Waals surface area contributed by atoms with E-state index in [9.17, 15) is 4.79 Å². The van der Waals surface area contributed by atoms with Crippen molar-refractivity contribution in [2.75, 3.05) is 0 Å². The van der Waals surface area contributed by atoms with Gasteiger partial charge in [0.15, 0.2) is 0 Å². The molecule has 3 aromatic carbocycles. The van der Waals surface area contributed by atoms with E-state index in [2.05, 4.69) is 0 Å². The third-order valence-electron chi connectivity index (χ3n) is 3.49. The van der Waals surface area contributed by atoms with Crippen LogP contribution in [-0.2, 0) is 9.53 Å². The quantitative estimate of drug-likeness (QED) is 0.425. The van der Waals surface area contributed by atoms with Gasteiger partial charge in [-0.3, -0.25) is 4.79 Å². The molecule has 0 spiro atoms. The Morgan fingerprint density at radius 3 is 1.30 bits per heavy atom. The van der Waals surface area contributed by atoms with Crippen LogP contribution in [-0.4, -0.2) is 12.1 Å². The maximum atomic E-state index is 12.1. The molecule has 0 atom stereocenters. The van der Waals surface area contributed by atoms with E-state index in [0.717, 1.165) is 0 Å². The molecule has 0 saturated heterocycles. The molecule has 0 radical (unpaired) electrons. The zero-order chi connectivity index (χ0) is 19.0. The number of rotatable bonds is 8. The summed E-state index contributed by atoms with van der Waals surface area (Å²) < 4.78 is 23.2. The topological polar surface area (TPSA) is 54.0 Å². The number of carbonyl (C=O) groups excluding carboxylic acids is 1. The van der Waals surface area contributed by atoms with E-state index >= 15 is 0 Å². The maximum Gasteiger partial charge on any atom is 0.613 e. The fourth-order valence-electron chi connectivity index (χ4n) is 2.24. The Morgan fingerprint density at radius 1 is 0.667 bits per heavy atom. The number of carbonyl (C=O) groups is 1. The Hall–Kier alpha value is -3.47. The molecule has 0 aliphatic rings. The highest BCUT2D eigenvalue weighted by Crippen LogP contribution is 2.28. The second kappa shape index (κ2) is 8.76. The van der Waals surface area contributed by atoms with E-state index in [-0.39, 0.29) is 6.42 Å². The molecule has 138 valence electrons. The largest absolute Gasteiger partial charge is 0.613 e. The first-order valence-corrected chi connectivity index (χ1v) is 8.63. The van der Waals surface area contributed by atoms with E-state index in [1.54, 1.807) is 79.7 Å². The predicted molar refractivity (Wildman–Crippen MR) is 100 cm³/mol. The minimum atomic E-state index is -2.11. The monoisotopic (exact) mass is 364 g/mol. The molecule has 0 aliphatic carbocycles. The molecular formula is C22H20O5. The molecule has 0 saturated carbocycles. The SMILES string of the molecule is CCC(=O)OC(Oc1ccccc1)(Oc1ccccc1)Oc1ccccc1. The highest BCUT2D eigenvalue weighted by Gasteiger charge is 2.45. The molecule has 3 aromatic rings. The van der Waals surface area contributed by atoms with Crippen LogP contribution in [0, 0.1) is 0 Å². The van der Waals surface area contributed by atoms with Gasteiger partial charge in [-0.25, -0.2) is 0 Å². The first kappa shape index (κ1) is 18.3. The molecule has 0 unspecified atom stereocenters. The van der Waals surface area contributed by atoms with Crippen molar-refractivity contribution in [2.45, 2.75) is 19.5 Å². The summed E-state index contributed by atoms with van der Waals surface area (Å²) in [5.74, 6) is 0.743. The number of hydrogen-bond acceptors (Lipinski definition) is 5. The summed E-state index contributed by atoms with van der Waals surface area (Å²) in [6.07, 6.45) is -1.98. The normalized spacial score (nSPS) is 10.7.